The highest BCUT2D eigenvalue weighted by molar-refractivity contribution is 5.84. The Morgan fingerprint density at radius 2 is 0.870 bits per heavy atom. The van der Waals surface area contributed by atoms with Crippen LogP contribution in [0, 0.1) is 90.5 Å². The predicted molar refractivity (Wildman–Crippen MR) is 364 cm³/mol. The number of esters is 1. The minimum atomic E-state index is -4.81. The molecular formula is C76H92F10N6O8. The first kappa shape index (κ1) is 79.2. The normalized spacial score (nSPS) is 14.8. The number of nitrogens with zero attached hydrogens (tertiary/aromatic N) is 4. The van der Waals surface area contributed by atoms with Crippen LogP contribution in [0.4, 0.5) is 43.9 Å². The maximum atomic E-state index is 16.7. The summed E-state index contributed by atoms with van der Waals surface area (Å²) >= 11 is 0. The second-order valence-corrected chi connectivity index (χ2v) is 27.6. The molecule has 24 heteroatoms. The van der Waals surface area contributed by atoms with Gasteiger partial charge in [-0.25, -0.2) is 17.6 Å². The number of amides is 2. The molecular weight excluding hydrogens is 1310 g/mol. The lowest BCUT2D eigenvalue weighted by Crippen LogP contribution is -2.41. The molecule has 0 bridgehead atoms. The standard InChI is InChI=1S/C39H48F5N3O4.C37H44F5N3O4/c1-8-51-33(49)20-30(35-36(40)26(7)18-28(37(35)41)34-24(5)16-23(4)17-25(34)6)45-38(50)31(15-22(2)3)47-21-27(11-9-12-46-13-10-14-46)29(19-32(47)48)39(42,43)44;1-20(2)13-29(45-19-25(9-7-10-44-11-8-12-44)27(17-30(45)46)37(40,41)42)36(49)43-28(18-31(47)48)33-34(38)24(6)16-26(35(33)39)32-22(4)14-21(3)15-23(32)5/h16-19,21-22,30-31H,8-15,20H2,1-7H3,(H,45,50);14-17,19-20,28-29H,7-13,18H2,1-6H3,(H,43,49)(H,47,48)/t30-,31?;28-,29?/m00/s1. The van der Waals surface area contributed by atoms with Crippen LogP contribution in [0.1, 0.15) is 188 Å². The van der Waals surface area contributed by atoms with Gasteiger partial charge in [0.2, 0.25) is 11.8 Å². The molecule has 100 heavy (non-hydrogen) atoms. The van der Waals surface area contributed by atoms with E-state index in [1.807, 2.05) is 52.0 Å². The number of rotatable bonds is 27. The number of carbonyl (C=O) groups excluding carboxylic acids is 3. The van der Waals surface area contributed by atoms with Gasteiger partial charge in [-0.05, 0) is 233 Å². The molecule has 2 unspecified atom stereocenters. The summed E-state index contributed by atoms with van der Waals surface area (Å²) in [5, 5.41) is 14.9. The van der Waals surface area contributed by atoms with Crippen LogP contribution in [0.25, 0.3) is 22.3 Å². The van der Waals surface area contributed by atoms with Crippen molar-refractivity contribution in [2.45, 2.75) is 191 Å². The van der Waals surface area contributed by atoms with Crippen LogP contribution in [0.15, 0.2) is 70.5 Å². The summed E-state index contributed by atoms with van der Waals surface area (Å²) in [6.45, 7) is 27.1. The molecule has 4 atom stereocenters. The number of aromatic nitrogens is 2. The summed E-state index contributed by atoms with van der Waals surface area (Å²) in [6, 6.07) is 5.12. The summed E-state index contributed by atoms with van der Waals surface area (Å²) in [5.41, 5.74) is 0.319. The Balaban J connectivity index is 0.000000281. The number of hydrogen-bond acceptors (Lipinski definition) is 9. The molecule has 2 aliphatic rings. The number of carboxylic acid groups (broad SMARTS) is 1. The zero-order valence-corrected chi connectivity index (χ0v) is 59.1. The Morgan fingerprint density at radius 1 is 0.520 bits per heavy atom. The third-order valence-corrected chi connectivity index (χ3v) is 18.5. The molecule has 544 valence electrons. The van der Waals surface area contributed by atoms with Gasteiger partial charge in [0, 0.05) is 46.8 Å². The van der Waals surface area contributed by atoms with Gasteiger partial charge in [0.25, 0.3) is 11.1 Å². The number of aliphatic carboxylic acids is 1. The lowest BCUT2D eigenvalue weighted by molar-refractivity contribution is -0.144. The lowest BCUT2D eigenvalue weighted by Gasteiger charge is -2.30. The second-order valence-electron chi connectivity index (χ2n) is 27.6. The van der Waals surface area contributed by atoms with Crippen molar-refractivity contribution in [3.8, 4) is 22.3 Å². The van der Waals surface area contributed by atoms with E-state index in [1.54, 1.807) is 48.5 Å². The van der Waals surface area contributed by atoms with Crippen LogP contribution in [-0.2, 0) is 49.1 Å². The van der Waals surface area contributed by atoms with Crippen LogP contribution >= 0.6 is 0 Å². The molecule has 6 aromatic rings. The molecule has 3 N–H and O–H groups in total. The molecule has 0 spiro atoms. The van der Waals surface area contributed by atoms with Gasteiger partial charge in [-0.15, -0.1) is 0 Å². The molecule has 4 heterocycles. The number of hydrogen-bond donors (Lipinski definition) is 3. The van der Waals surface area contributed by atoms with E-state index in [9.17, 15) is 60.2 Å². The Bertz CT molecular complexity index is 4070. The molecule has 0 saturated carbocycles. The number of benzene rings is 4. The second kappa shape index (κ2) is 33.6. The van der Waals surface area contributed by atoms with Gasteiger partial charge in [-0.3, -0.25) is 28.8 Å². The summed E-state index contributed by atoms with van der Waals surface area (Å²) in [7, 11) is 0. The topological polar surface area (TPSA) is 172 Å². The van der Waals surface area contributed by atoms with Gasteiger partial charge in [-0.1, -0.05) is 63.1 Å². The van der Waals surface area contributed by atoms with E-state index in [0.29, 0.717) is 60.3 Å². The smallest absolute Gasteiger partial charge is 0.416 e. The van der Waals surface area contributed by atoms with E-state index < -0.39 is 130 Å². The van der Waals surface area contributed by atoms with Crippen molar-refractivity contribution < 1.29 is 72.9 Å². The highest BCUT2D eigenvalue weighted by Crippen LogP contribution is 2.41. The van der Waals surface area contributed by atoms with Crippen molar-refractivity contribution in [2.75, 3.05) is 45.9 Å². The van der Waals surface area contributed by atoms with Crippen molar-refractivity contribution in [3.05, 3.63) is 183 Å². The molecule has 2 fully saturated rings. The number of ether oxygens (including phenoxy) is 1. The number of carbonyl (C=O) groups is 4. The van der Waals surface area contributed by atoms with Crippen molar-refractivity contribution in [1.29, 1.82) is 0 Å². The fraction of sp³-hybridized carbons (Fsp3) is 0.500. The van der Waals surface area contributed by atoms with E-state index in [4.69, 9.17) is 4.74 Å². The zero-order chi connectivity index (χ0) is 74.2. The van der Waals surface area contributed by atoms with Gasteiger partial charge in [0.1, 0.15) is 35.4 Å². The molecule has 2 amide bonds. The molecule has 14 nitrogen and oxygen atoms in total. The van der Waals surface area contributed by atoms with Crippen LogP contribution < -0.4 is 21.8 Å². The monoisotopic (exact) mass is 1410 g/mol. The average molecular weight is 1410 g/mol. The summed E-state index contributed by atoms with van der Waals surface area (Å²) < 4.78 is 157. The summed E-state index contributed by atoms with van der Waals surface area (Å²) in [5.74, 6) is -8.59. The largest absolute Gasteiger partial charge is 0.481 e. The number of pyridine rings is 2. The highest BCUT2D eigenvalue weighted by Gasteiger charge is 2.40. The van der Waals surface area contributed by atoms with E-state index in [2.05, 4.69) is 20.4 Å². The van der Waals surface area contributed by atoms with Gasteiger partial charge in [-0.2, -0.15) is 26.3 Å². The lowest BCUT2D eigenvalue weighted by atomic mass is 9.88. The van der Waals surface area contributed by atoms with E-state index >= 15 is 17.6 Å². The Labute approximate surface area is 577 Å². The minimum absolute atomic E-state index is 0.00359. The van der Waals surface area contributed by atoms with E-state index in [0.717, 1.165) is 82.8 Å². The molecule has 2 aromatic heterocycles. The first-order valence-electron chi connectivity index (χ1n) is 34.0. The van der Waals surface area contributed by atoms with Gasteiger partial charge in [0.15, 0.2) is 0 Å². The third-order valence-electron chi connectivity index (χ3n) is 18.5. The van der Waals surface area contributed by atoms with Gasteiger partial charge < -0.3 is 39.4 Å². The zero-order valence-electron chi connectivity index (χ0n) is 59.1. The number of alkyl halides is 6. The first-order valence-corrected chi connectivity index (χ1v) is 34.0. The van der Waals surface area contributed by atoms with Crippen molar-refractivity contribution in [3.63, 3.8) is 0 Å². The molecule has 0 aliphatic carbocycles. The molecule has 2 aliphatic heterocycles. The Kier molecular flexibility index (Phi) is 26.6. The van der Waals surface area contributed by atoms with E-state index in [-0.39, 0.29) is 77.5 Å². The van der Waals surface area contributed by atoms with Crippen molar-refractivity contribution in [2.24, 2.45) is 11.8 Å². The average Bonchev–Trinajstić information content (AvgIpc) is 0.772. The number of halogens is 10. The predicted octanol–water partition coefficient (Wildman–Crippen LogP) is 15.7. The van der Waals surface area contributed by atoms with Crippen LogP contribution in [0.3, 0.4) is 0 Å². The van der Waals surface area contributed by atoms with Gasteiger partial charge in [0.05, 0.1) is 42.7 Å². The first-order chi connectivity index (χ1) is 46.8. The number of carboxylic acids is 1. The van der Waals surface area contributed by atoms with Crippen LogP contribution in [-0.4, -0.2) is 93.7 Å². The van der Waals surface area contributed by atoms with Crippen molar-refractivity contribution in [1.82, 2.24) is 29.6 Å². The molecule has 2 saturated heterocycles. The van der Waals surface area contributed by atoms with Gasteiger partial charge >= 0.3 is 24.3 Å². The summed E-state index contributed by atoms with van der Waals surface area (Å²) in [6.07, 6.45) is -6.10. The highest BCUT2D eigenvalue weighted by atomic mass is 19.4. The Hall–Kier alpha value is -8.12. The van der Waals surface area contributed by atoms with E-state index in [1.165, 1.54) is 26.0 Å². The maximum Gasteiger partial charge on any atom is 0.416 e. The Morgan fingerprint density at radius 3 is 1.17 bits per heavy atom. The SMILES string of the molecule is CCOC(=O)C[C@H](NC(=O)C(CC(C)C)n1cc(CCCN2CCC2)c(C(F)(F)F)cc1=O)c1c(F)c(C)cc(-c2c(C)cc(C)cc2C)c1F.Cc1cc(C)c(-c2cc(C)c(F)c([C@H](CC(=O)O)NC(=O)C(CC(C)C)n3cc(CCCN4CCC4)c(C(F)(F)F)cc3=O)c2F)c(C)c1. The molecule has 8 rings (SSSR count). The number of aryl methyl sites for hydroxylation is 10. The quantitative estimate of drug-likeness (QED) is 0.0333. The van der Waals surface area contributed by atoms with Crippen LogP contribution in [0.2, 0.25) is 0 Å². The fourth-order valence-corrected chi connectivity index (χ4v) is 13.7. The summed E-state index contributed by atoms with van der Waals surface area (Å²) in [4.78, 5) is 83.9. The third kappa shape index (κ3) is 19.5. The minimum Gasteiger partial charge on any atom is -0.481 e. The van der Waals surface area contributed by atoms with Crippen LogP contribution in [0.5, 0.6) is 0 Å². The fourth-order valence-electron chi connectivity index (χ4n) is 13.7. The molecule has 0 radical (unpaired) electrons. The van der Waals surface area contributed by atoms with Crippen molar-refractivity contribution >= 4 is 23.8 Å². The number of nitrogens with one attached hydrogen (secondary N) is 2. The molecule has 4 aromatic carbocycles. The number of likely N-dealkylation sites (tertiary alicyclic amines) is 2. The maximum absolute atomic E-state index is 16.7.